The molecule has 0 aliphatic carbocycles. The Morgan fingerprint density at radius 3 is 2.26 bits per heavy atom. The van der Waals surface area contributed by atoms with Crippen LogP contribution in [0.5, 0.6) is 17.2 Å². The Kier molecular flexibility index (Phi) is 6.94. The molecular weight excluding hydrogens is 420 g/mol. The third kappa shape index (κ3) is 5.04. The number of piperidine rings is 1. The maximum absolute atomic E-state index is 13.1. The van der Waals surface area contributed by atoms with Crippen molar-refractivity contribution < 1.29 is 27.4 Å². The minimum Gasteiger partial charge on any atom is -0.497 e. The number of nitrogens with one attached hydrogen (secondary N) is 1. The summed E-state index contributed by atoms with van der Waals surface area (Å²) in [5.74, 6) is 1.52. The van der Waals surface area contributed by atoms with E-state index < -0.39 is 10.0 Å². The molecule has 3 rings (SSSR count). The van der Waals surface area contributed by atoms with E-state index in [2.05, 4.69) is 11.6 Å². The molecule has 0 saturated carbocycles. The van der Waals surface area contributed by atoms with Crippen LogP contribution >= 0.6 is 0 Å². The molecule has 1 aliphatic heterocycles. The van der Waals surface area contributed by atoms with Crippen LogP contribution in [0.3, 0.4) is 0 Å². The minimum atomic E-state index is -3.98. The van der Waals surface area contributed by atoms with E-state index in [4.69, 9.17) is 14.2 Å². The maximum atomic E-state index is 13.1. The molecule has 31 heavy (non-hydrogen) atoms. The molecule has 1 amide bonds. The fraction of sp³-hybridized carbons (Fsp3) is 0.409. The molecule has 1 saturated heterocycles. The van der Waals surface area contributed by atoms with Crippen LogP contribution in [0.1, 0.15) is 30.1 Å². The number of hydrogen-bond acceptors (Lipinski definition) is 6. The number of benzene rings is 2. The van der Waals surface area contributed by atoms with Gasteiger partial charge in [-0.15, -0.1) is 0 Å². The smallest absolute Gasteiger partial charge is 0.262 e. The van der Waals surface area contributed by atoms with Gasteiger partial charge >= 0.3 is 0 Å². The van der Waals surface area contributed by atoms with Gasteiger partial charge in [0.05, 0.1) is 37.5 Å². The number of amides is 1. The number of nitrogens with zero attached hydrogens (tertiary/aromatic N) is 1. The van der Waals surface area contributed by atoms with Crippen molar-refractivity contribution in [3.8, 4) is 17.2 Å². The first kappa shape index (κ1) is 22.7. The third-order valence-corrected chi connectivity index (χ3v) is 6.80. The first-order chi connectivity index (χ1) is 14.8. The molecule has 0 bridgehead atoms. The number of sulfonamides is 1. The summed E-state index contributed by atoms with van der Waals surface area (Å²) in [4.78, 5) is 14.8. The van der Waals surface area contributed by atoms with Gasteiger partial charge in [0.2, 0.25) is 0 Å². The third-order valence-electron chi connectivity index (χ3n) is 5.44. The summed E-state index contributed by atoms with van der Waals surface area (Å²) in [7, 11) is 0.426. The molecule has 2 aromatic carbocycles. The molecule has 1 N–H and O–H groups in total. The highest BCUT2D eigenvalue weighted by molar-refractivity contribution is 7.92. The predicted molar refractivity (Wildman–Crippen MR) is 118 cm³/mol. The Balaban J connectivity index is 1.92. The Morgan fingerprint density at radius 2 is 1.65 bits per heavy atom. The average Bonchev–Trinajstić information content (AvgIpc) is 2.78. The SMILES string of the molecule is COc1ccc(NS(=O)(=O)c2ccc(OC)c(C(=O)N3CCC(C)CC3)c2)c(OC)c1. The van der Waals surface area contributed by atoms with E-state index in [9.17, 15) is 13.2 Å². The zero-order valence-corrected chi connectivity index (χ0v) is 19.0. The molecular formula is C22H28N2O6S. The van der Waals surface area contributed by atoms with Crippen molar-refractivity contribution in [1.29, 1.82) is 0 Å². The van der Waals surface area contributed by atoms with Gasteiger partial charge in [0, 0.05) is 19.2 Å². The molecule has 0 spiro atoms. The highest BCUT2D eigenvalue weighted by Gasteiger charge is 2.26. The fourth-order valence-corrected chi connectivity index (χ4v) is 4.59. The van der Waals surface area contributed by atoms with Gasteiger partial charge in [0.25, 0.3) is 15.9 Å². The van der Waals surface area contributed by atoms with Crippen molar-refractivity contribution in [3.63, 3.8) is 0 Å². The van der Waals surface area contributed by atoms with Gasteiger partial charge in [-0.1, -0.05) is 6.92 Å². The van der Waals surface area contributed by atoms with Gasteiger partial charge in [-0.2, -0.15) is 0 Å². The lowest BCUT2D eigenvalue weighted by atomic mass is 9.98. The first-order valence-electron chi connectivity index (χ1n) is 10.0. The van der Waals surface area contributed by atoms with Gasteiger partial charge < -0.3 is 19.1 Å². The average molecular weight is 449 g/mol. The summed E-state index contributed by atoms with van der Waals surface area (Å²) < 4.78 is 44.4. The maximum Gasteiger partial charge on any atom is 0.262 e. The molecule has 2 aromatic rings. The normalized spacial score (nSPS) is 14.8. The lowest BCUT2D eigenvalue weighted by Crippen LogP contribution is -2.38. The first-order valence-corrected chi connectivity index (χ1v) is 11.5. The Labute approximate surface area is 183 Å². The van der Waals surface area contributed by atoms with Crippen molar-refractivity contribution in [2.75, 3.05) is 39.1 Å². The van der Waals surface area contributed by atoms with Gasteiger partial charge in [-0.25, -0.2) is 8.42 Å². The van der Waals surface area contributed by atoms with Gasteiger partial charge in [0.1, 0.15) is 17.2 Å². The number of carbonyl (C=O) groups is 1. The predicted octanol–water partition coefficient (Wildman–Crippen LogP) is 3.39. The Bertz CT molecular complexity index is 1050. The molecule has 0 atom stereocenters. The van der Waals surface area contributed by atoms with E-state index in [1.165, 1.54) is 39.5 Å². The van der Waals surface area contributed by atoms with E-state index in [0.717, 1.165) is 12.8 Å². The lowest BCUT2D eigenvalue weighted by molar-refractivity contribution is 0.0693. The van der Waals surface area contributed by atoms with Crippen molar-refractivity contribution >= 4 is 21.6 Å². The van der Waals surface area contributed by atoms with Crippen molar-refractivity contribution in [2.45, 2.75) is 24.7 Å². The lowest BCUT2D eigenvalue weighted by Gasteiger charge is -2.30. The standard InChI is InChI=1S/C22H28N2O6S/c1-15-9-11-24(12-10-15)22(25)18-14-17(6-8-20(18)29-3)31(26,27)23-19-7-5-16(28-2)13-21(19)30-4/h5-8,13-15,23H,9-12H2,1-4H3. The number of ether oxygens (including phenoxy) is 3. The van der Waals surface area contributed by atoms with Crippen molar-refractivity contribution in [3.05, 3.63) is 42.0 Å². The highest BCUT2D eigenvalue weighted by Crippen LogP contribution is 2.32. The second-order valence-corrected chi connectivity index (χ2v) is 9.19. The zero-order valence-electron chi connectivity index (χ0n) is 18.2. The summed E-state index contributed by atoms with van der Waals surface area (Å²) in [6.07, 6.45) is 1.84. The number of likely N-dealkylation sites (tertiary alicyclic amines) is 1. The molecule has 168 valence electrons. The number of hydrogen-bond donors (Lipinski definition) is 1. The van der Waals surface area contributed by atoms with E-state index in [1.54, 1.807) is 23.1 Å². The molecule has 8 nitrogen and oxygen atoms in total. The topological polar surface area (TPSA) is 94.2 Å². The van der Waals surface area contributed by atoms with Crippen LogP contribution in [0, 0.1) is 5.92 Å². The molecule has 1 fully saturated rings. The van der Waals surface area contributed by atoms with E-state index >= 15 is 0 Å². The highest BCUT2D eigenvalue weighted by atomic mass is 32.2. The van der Waals surface area contributed by atoms with E-state index in [1.807, 2.05) is 0 Å². The fourth-order valence-electron chi connectivity index (χ4n) is 3.49. The molecule has 9 heteroatoms. The van der Waals surface area contributed by atoms with Crippen LogP contribution in [0.15, 0.2) is 41.3 Å². The number of methoxy groups -OCH3 is 3. The second-order valence-electron chi connectivity index (χ2n) is 7.51. The number of carbonyl (C=O) groups excluding carboxylic acids is 1. The second kappa shape index (κ2) is 9.47. The van der Waals surface area contributed by atoms with Crippen LogP contribution < -0.4 is 18.9 Å². The Hall–Kier alpha value is -2.94. The molecule has 1 heterocycles. The van der Waals surface area contributed by atoms with Crippen LogP contribution in [0.2, 0.25) is 0 Å². The summed E-state index contributed by atoms with van der Waals surface area (Å²) in [5.41, 5.74) is 0.485. The molecule has 0 unspecified atom stereocenters. The van der Waals surface area contributed by atoms with Gasteiger partial charge in [0.15, 0.2) is 0 Å². The summed E-state index contributed by atoms with van der Waals surface area (Å²) in [6.45, 7) is 3.44. The monoisotopic (exact) mass is 448 g/mol. The summed E-state index contributed by atoms with van der Waals surface area (Å²) in [5, 5.41) is 0. The Morgan fingerprint density at radius 1 is 0.968 bits per heavy atom. The zero-order chi connectivity index (χ0) is 22.6. The van der Waals surface area contributed by atoms with Crippen molar-refractivity contribution in [2.24, 2.45) is 5.92 Å². The molecule has 0 aromatic heterocycles. The van der Waals surface area contributed by atoms with Crippen LogP contribution in [0.4, 0.5) is 5.69 Å². The van der Waals surface area contributed by atoms with E-state index in [0.29, 0.717) is 36.3 Å². The minimum absolute atomic E-state index is 0.0418. The summed E-state index contributed by atoms with van der Waals surface area (Å²) >= 11 is 0. The van der Waals surface area contributed by atoms with Gasteiger partial charge in [-0.05, 0) is 49.1 Å². The van der Waals surface area contributed by atoms with Crippen LogP contribution in [0.25, 0.3) is 0 Å². The number of anilines is 1. The molecule has 0 radical (unpaired) electrons. The van der Waals surface area contributed by atoms with Gasteiger partial charge in [-0.3, -0.25) is 9.52 Å². The largest absolute Gasteiger partial charge is 0.497 e. The summed E-state index contributed by atoms with van der Waals surface area (Å²) in [6, 6.07) is 9.03. The van der Waals surface area contributed by atoms with E-state index in [-0.39, 0.29) is 22.1 Å². The quantitative estimate of drug-likeness (QED) is 0.698. The van der Waals surface area contributed by atoms with Crippen molar-refractivity contribution in [1.82, 2.24) is 4.90 Å². The number of rotatable bonds is 7. The molecule has 1 aliphatic rings. The van der Waals surface area contributed by atoms with Crippen LogP contribution in [-0.2, 0) is 10.0 Å². The van der Waals surface area contributed by atoms with Crippen LogP contribution in [-0.4, -0.2) is 53.6 Å².